The molecule has 0 atom stereocenters. The van der Waals surface area contributed by atoms with Crippen LogP contribution in [-0.4, -0.2) is 18.1 Å². The van der Waals surface area contributed by atoms with E-state index in [-0.39, 0.29) is 24.8 Å². The smallest absolute Gasteiger partial charge is 0.161 e. The molecular formula is C18H25Cl3N2O2. The number of rotatable bonds is 9. The van der Waals surface area contributed by atoms with E-state index in [4.69, 9.17) is 21.1 Å². The zero-order chi connectivity index (χ0) is 16.5. The van der Waals surface area contributed by atoms with E-state index in [9.17, 15) is 0 Å². The minimum atomic E-state index is 0. The molecule has 0 saturated heterocycles. The second-order valence-corrected chi connectivity index (χ2v) is 5.56. The molecule has 0 aliphatic heterocycles. The summed E-state index contributed by atoms with van der Waals surface area (Å²) in [6.45, 7) is 6.99. The molecule has 2 aromatic rings. The number of benzene rings is 1. The Morgan fingerprint density at radius 3 is 2.40 bits per heavy atom. The van der Waals surface area contributed by atoms with Crippen molar-refractivity contribution < 1.29 is 9.47 Å². The molecule has 0 saturated carbocycles. The molecule has 0 aliphatic rings. The lowest BCUT2D eigenvalue weighted by Gasteiger charge is -2.14. The van der Waals surface area contributed by atoms with Crippen LogP contribution < -0.4 is 14.8 Å². The fraction of sp³-hybridized carbons (Fsp3) is 0.389. The Morgan fingerprint density at radius 2 is 1.76 bits per heavy atom. The first-order valence-electron chi connectivity index (χ1n) is 7.92. The summed E-state index contributed by atoms with van der Waals surface area (Å²) in [4.78, 5) is 4.05. The number of aromatic nitrogens is 1. The van der Waals surface area contributed by atoms with Crippen LogP contribution in [0.15, 0.2) is 36.5 Å². The molecular weight excluding hydrogens is 383 g/mol. The average Bonchev–Trinajstić information content (AvgIpc) is 2.56. The number of nitrogens with zero attached hydrogens (tertiary/aromatic N) is 1. The molecule has 0 amide bonds. The van der Waals surface area contributed by atoms with Crippen molar-refractivity contribution in [3.05, 3.63) is 52.8 Å². The summed E-state index contributed by atoms with van der Waals surface area (Å²) in [5, 5.41) is 3.87. The minimum Gasteiger partial charge on any atom is -0.490 e. The van der Waals surface area contributed by atoms with E-state index < -0.39 is 0 Å². The van der Waals surface area contributed by atoms with Gasteiger partial charge in [0.05, 0.1) is 6.61 Å². The molecule has 25 heavy (non-hydrogen) atoms. The van der Waals surface area contributed by atoms with Gasteiger partial charge in [-0.15, -0.1) is 24.8 Å². The number of halogens is 3. The van der Waals surface area contributed by atoms with Crippen LogP contribution in [0.1, 0.15) is 31.4 Å². The van der Waals surface area contributed by atoms with Crippen LogP contribution in [0.3, 0.4) is 0 Å². The SMILES string of the molecule is CCCNCc1ccc(OCc2ccc(Cl)nc2)c(OCC)c1.Cl.Cl. The fourth-order valence-corrected chi connectivity index (χ4v) is 2.22. The van der Waals surface area contributed by atoms with Gasteiger partial charge in [-0.05, 0) is 43.7 Å². The van der Waals surface area contributed by atoms with Crippen molar-refractivity contribution in [1.29, 1.82) is 0 Å². The van der Waals surface area contributed by atoms with Crippen LogP contribution in [0.2, 0.25) is 5.15 Å². The minimum absolute atomic E-state index is 0. The summed E-state index contributed by atoms with van der Waals surface area (Å²) in [7, 11) is 0. The zero-order valence-corrected chi connectivity index (χ0v) is 16.8. The summed E-state index contributed by atoms with van der Waals surface area (Å²) in [6.07, 6.45) is 2.83. The van der Waals surface area contributed by atoms with Gasteiger partial charge in [-0.1, -0.05) is 30.7 Å². The Morgan fingerprint density at radius 1 is 1.00 bits per heavy atom. The average molecular weight is 408 g/mol. The van der Waals surface area contributed by atoms with Gasteiger partial charge in [-0.3, -0.25) is 0 Å². The van der Waals surface area contributed by atoms with E-state index in [1.165, 1.54) is 5.56 Å². The standard InChI is InChI=1S/C18H23ClN2O2.2ClH/c1-3-9-20-11-14-5-7-16(17(10-14)22-4-2)23-13-15-6-8-18(19)21-12-15;;/h5-8,10,12,20H,3-4,9,11,13H2,1-2H3;2*1H. The first-order valence-corrected chi connectivity index (χ1v) is 8.30. The van der Waals surface area contributed by atoms with Crippen molar-refractivity contribution in [2.75, 3.05) is 13.2 Å². The summed E-state index contributed by atoms with van der Waals surface area (Å²) >= 11 is 5.79. The van der Waals surface area contributed by atoms with Crippen molar-refractivity contribution >= 4 is 36.4 Å². The first-order chi connectivity index (χ1) is 11.2. The van der Waals surface area contributed by atoms with Gasteiger partial charge in [0.25, 0.3) is 0 Å². The highest BCUT2D eigenvalue weighted by Crippen LogP contribution is 2.29. The van der Waals surface area contributed by atoms with Gasteiger partial charge in [0.15, 0.2) is 11.5 Å². The topological polar surface area (TPSA) is 43.4 Å². The second-order valence-electron chi connectivity index (χ2n) is 5.17. The molecule has 0 aliphatic carbocycles. The molecule has 140 valence electrons. The lowest BCUT2D eigenvalue weighted by atomic mass is 10.2. The van der Waals surface area contributed by atoms with Gasteiger partial charge in [0.1, 0.15) is 11.8 Å². The molecule has 0 spiro atoms. The summed E-state index contributed by atoms with van der Waals surface area (Å²) in [5.41, 5.74) is 2.15. The monoisotopic (exact) mass is 406 g/mol. The largest absolute Gasteiger partial charge is 0.490 e. The van der Waals surface area contributed by atoms with Gasteiger partial charge in [0.2, 0.25) is 0 Å². The molecule has 7 heteroatoms. The number of hydrogen-bond acceptors (Lipinski definition) is 4. The lowest BCUT2D eigenvalue weighted by Crippen LogP contribution is -2.13. The first kappa shape index (κ1) is 23.8. The van der Waals surface area contributed by atoms with Crippen LogP contribution >= 0.6 is 36.4 Å². The summed E-state index contributed by atoms with van der Waals surface area (Å²) in [5.74, 6) is 1.51. The van der Waals surface area contributed by atoms with E-state index in [1.807, 2.05) is 25.1 Å². The van der Waals surface area contributed by atoms with Gasteiger partial charge < -0.3 is 14.8 Å². The molecule has 0 unspecified atom stereocenters. The van der Waals surface area contributed by atoms with Crippen molar-refractivity contribution in [1.82, 2.24) is 10.3 Å². The Labute approximate surface area is 167 Å². The van der Waals surface area contributed by atoms with Crippen LogP contribution in [-0.2, 0) is 13.2 Å². The van der Waals surface area contributed by atoms with Crippen LogP contribution in [0.4, 0.5) is 0 Å². The zero-order valence-electron chi connectivity index (χ0n) is 14.5. The van der Waals surface area contributed by atoms with E-state index in [2.05, 4.69) is 23.3 Å². The van der Waals surface area contributed by atoms with E-state index in [0.717, 1.165) is 36.6 Å². The van der Waals surface area contributed by atoms with E-state index in [1.54, 1.807) is 12.3 Å². The molecule has 1 aromatic heterocycles. The number of pyridine rings is 1. The Kier molecular flexibility index (Phi) is 12.4. The third-order valence-corrected chi connectivity index (χ3v) is 3.47. The third kappa shape index (κ3) is 8.15. The van der Waals surface area contributed by atoms with Gasteiger partial charge in [0, 0.05) is 18.3 Å². The van der Waals surface area contributed by atoms with Crippen molar-refractivity contribution in [3.63, 3.8) is 0 Å². The maximum atomic E-state index is 5.87. The molecule has 2 rings (SSSR count). The van der Waals surface area contributed by atoms with Crippen molar-refractivity contribution in [2.45, 2.75) is 33.4 Å². The van der Waals surface area contributed by atoms with E-state index in [0.29, 0.717) is 18.4 Å². The molecule has 1 aromatic carbocycles. The predicted molar refractivity (Wildman–Crippen MR) is 108 cm³/mol. The predicted octanol–water partition coefficient (Wildman–Crippen LogP) is 5.06. The Hall–Kier alpha value is -1.20. The van der Waals surface area contributed by atoms with Crippen LogP contribution in [0, 0.1) is 0 Å². The normalized spacial score (nSPS) is 9.72. The van der Waals surface area contributed by atoms with Crippen molar-refractivity contribution in [3.8, 4) is 11.5 Å². The summed E-state index contributed by atoms with van der Waals surface area (Å²) < 4.78 is 11.6. The molecule has 0 fully saturated rings. The van der Waals surface area contributed by atoms with Crippen molar-refractivity contribution in [2.24, 2.45) is 0 Å². The number of nitrogens with one attached hydrogen (secondary N) is 1. The molecule has 4 nitrogen and oxygen atoms in total. The highest BCUT2D eigenvalue weighted by Gasteiger charge is 2.07. The quantitative estimate of drug-likeness (QED) is 0.466. The van der Waals surface area contributed by atoms with Gasteiger partial charge in [-0.2, -0.15) is 0 Å². The van der Waals surface area contributed by atoms with Crippen LogP contribution in [0.25, 0.3) is 0 Å². The number of hydrogen-bond donors (Lipinski definition) is 1. The fourth-order valence-electron chi connectivity index (χ4n) is 2.11. The summed E-state index contributed by atoms with van der Waals surface area (Å²) in [6, 6.07) is 9.70. The molecule has 1 heterocycles. The maximum absolute atomic E-state index is 5.87. The lowest BCUT2D eigenvalue weighted by molar-refractivity contribution is 0.269. The highest BCUT2D eigenvalue weighted by atomic mass is 35.5. The molecule has 0 radical (unpaired) electrons. The van der Waals surface area contributed by atoms with Crippen LogP contribution in [0.5, 0.6) is 11.5 Å². The third-order valence-electron chi connectivity index (χ3n) is 3.25. The van der Waals surface area contributed by atoms with Gasteiger partial charge in [-0.25, -0.2) is 4.98 Å². The number of ether oxygens (including phenoxy) is 2. The van der Waals surface area contributed by atoms with E-state index >= 15 is 0 Å². The Bertz CT molecular complexity index is 610. The maximum Gasteiger partial charge on any atom is 0.161 e. The molecule has 0 bridgehead atoms. The highest BCUT2D eigenvalue weighted by molar-refractivity contribution is 6.29. The molecule has 1 N–H and O–H groups in total. The van der Waals surface area contributed by atoms with Gasteiger partial charge >= 0.3 is 0 Å². The Balaban J connectivity index is 0.00000288. The second kappa shape index (κ2) is 13.1.